The molecule has 2 aromatic rings. The summed E-state index contributed by atoms with van der Waals surface area (Å²) >= 11 is 6.00. The number of thiol groups is 1. The molecular weight excluding hydrogens is 525 g/mol. The first-order valence-corrected chi connectivity index (χ1v) is 13.5. The summed E-state index contributed by atoms with van der Waals surface area (Å²) < 4.78 is 26.0. The molecule has 2 N–H and O–H groups in total. The van der Waals surface area contributed by atoms with Crippen molar-refractivity contribution in [3.05, 3.63) is 88.1 Å². The molecule has 0 radical (unpaired) electrons. The fourth-order valence-electron chi connectivity index (χ4n) is 3.54. The number of carboxylic acid groups (broad SMARTS) is 1. The van der Waals surface area contributed by atoms with Gasteiger partial charge in [-0.25, -0.2) is 9.18 Å². The largest absolute Gasteiger partial charge is 0.478 e. The lowest BCUT2D eigenvalue weighted by Gasteiger charge is -2.23. The Kier molecular flexibility index (Phi) is 9.73. The van der Waals surface area contributed by atoms with Crippen molar-refractivity contribution in [2.24, 2.45) is 0 Å². The molecule has 1 amide bonds. The van der Waals surface area contributed by atoms with Gasteiger partial charge < -0.3 is 19.9 Å². The van der Waals surface area contributed by atoms with Crippen molar-refractivity contribution in [2.45, 2.75) is 57.3 Å². The van der Waals surface area contributed by atoms with Crippen molar-refractivity contribution in [1.82, 2.24) is 5.32 Å². The zero-order valence-corrected chi connectivity index (χ0v) is 23.7. The fraction of sp³-hybridized carbons (Fsp3) is 0.310. The van der Waals surface area contributed by atoms with E-state index in [1.54, 1.807) is 31.2 Å². The second-order valence-corrected chi connectivity index (χ2v) is 11.4. The lowest BCUT2D eigenvalue weighted by Crippen LogP contribution is -2.38. The van der Waals surface area contributed by atoms with Gasteiger partial charge in [-0.1, -0.05) is 29.9 Å². The van der Waals surface area contributed by atoms with Gasteiger partial charge in [-0.05, 0) is 82.5 Å². The molecule has 0 fully saturated rings. The monoisotopic (exact) mass is 557 g/mol. The zero-order chi connectivity index (χ0) is 28.0. The van der Waals surface area contributed by atoms with Crippen LogP contribution in [0.25, 0.3) is 0 Å². The number of ether oxygens (including phenoxy) is 2. The number of aryl methyl sites for hydroxylation is 1. The first-order chi connectivity index (χ1) is 17.9. The first-order valence-electron chi connectivity index (χ1n) is 12.1. The summed E-state index contributed by atoms with van der Waals surface area (Å²) in [6.07, 6.45) is 8.61. The Morgan fingerprint density at radius 3 is 2.58 bits per heavy atom. The molecular formula is C29H32FNO5S2. The number of allylic oxidation sites excluding steroid dienone is 4. The Hall–Kier alpha value is -3.17. The Balaban J connectivity index is 1.76. The van der Waals surface area contributed by atoms with Crippen LogP contribution >= 0.6 is 24.4 Å². The number of hydrogen-bond acceptors (Lipinski definition) is 6. The minimum absolute atomic E-state index is 0.108. The van der Waals surface area contributed by atoms with Crippen LogP contribution in [0.2, 0.25) is 0 Å². The van der Waals surface area contributed by atoms with Crippen molar-refractivity contribution in [1.29, 1.82) is 0 Å². The van der Waals surface area contributed by atoms with E-state index in [1.165, 1.54) is 37.7 Å². The van der Waals surface area contributed by atoms with E-state index in [4.69, 9.17) is 9.47 Å². The number of benzene rings is 2. The normalized spacial score (nSPS) is 20.3. The van der Waals surface area contributed by atoms with E-state index >= 15 is 0 Å². The summed E-state index contributed by atoms with van der Waals surface area (Å²) in [5, 5.41) is 11.5. The maximum absolute atomic E-state index is 14.5. The molecule has 2 aromatic carbocycles. The van der Waals surface area contributed by atoms with Crippen LogP contribution in [0.3, 0.4) is 0 Å². The van der Waals surface area contributed by atoms with E-state index in [-0.39, 0.29) is 16.9 Å². The molecule has 1 aliphatic rings. The number of carboxylic acids is 1. The number of thioether (sulfide) groups is 1. The van der Waals surface area contributed by atoms with Crippen LogP contribution in [0.1, 0.15) is 50.6 Å². The standard InChI is InChI=1S/C29H32FNO5S2/c1-17-9-7-6-8-10-19(3)38-25(17)26(32)31-27(37)20-14-21(30)16-23(15-20)35-22-11-12-24(18(2)13-22)36-29(4,5)28(33)34/h6-8,10-16,19,27,37H,9H2,1-5H3,(H,31,32)(H,33,34)/b7-6-,10-8-,25-17-. The van der Waals surface area contributed by atoms with Gasteiger partial charge in [0.2, 0.25) is 0 Å². The summed E-state index contributed by atoms with van der Waals surface area (Å²) in [5.41, 5.74) is 0.626. The molecule has 0 aliphatic carbocycles. The quantitative estimate of drug-likeness (QED) is 0.237. The van der Waals surface area contributed by atoms with Crippen molar-refractivity contribution in [3.8, 4) is 17.2 Å². The highest BCUT2D eigenvalue weighted by molar-refractivity contribution is 8.04. The Morgan fingerprint density at radius 2 is 1.89 bits per heavy atom. The number of carbonyl (C=O) groups excluding carboxylic acids is 1. The first kappa shape index (κ1) is 29.4. The van der Waals surface area contributed by atoms with E-state index in [2.05, 4.69) is 17.9 Å². The number of carbonyl (C=O) groups is 2. The van der Waals surface area contributed by atoms with Gasteiger partial charge >= 0.3 is 5.97 Å². The SMILES string of the molecule is C/C1=C(\C(=O)NC(S)c2cc(F)cc(Oc3ccc(OC(C)(C)C(=O)O)c(C)c3)c2)SC(C)/C=C\C=C/C1. The average molecular weight is 558 g/mol. The summed E-state index contributed by atoms with van der Waals surface area (Å²) in [6.45, 7) is 8.62. The van der Waals surface area contributed by atoms with Crippen LogP contribution in [0.4, 0.5) is 4.39 Å². The Labute approximate surface area is 232 Å². The van der Waals surface area contributed by atoms with Gasteiger partial charge in [0.15, 0.2) is 5.60 Å². The van der Waals surface area contributed by atoms with Crippen LogP contribution in [-0.2, 0) is 9.59 Å². The molecule has 0 saturated heterocycles. The number of aliphatic carboxylic acids is 1. The third kappa shape index (κ3) is 7.91. The lowest BCUT2D eigenvalue weighted by atomic mass is 10.1. The minimum atomic E-state index is -1.40. The predicted octanol–water partition coefficient (Wildman–Crippen LogP) is 7.12. The van der Waals surface area contributed by atoms with Gasteiger partial charge in [0.25, 0.3) is 5.91 Å². The maximum Gasteiger partial charge on any atom is 0.347 e. The number of amides is 1. The molecule has 38 heavy (non-hydrogen) atoms. The van der Waals surface area contributed by atoms with E-state index in [9.17, 15) is 19.1 Å². The third-order valence-corrected chi connectivity index (χ3v) is 7.42. The second-order valence-electron chi connectivity index (χ2n) is 9.49. The lowest BCUT2D eigenvalue weighted by molar-refractivity contribution is -0.152. The molecule has 6 nitrogen and oxygen atoms in total. The number of halogens is 1. The zero-order valence-electron chi connectivity index (χ0n) is 21.9. The molecule has 2 unspecified atom stereocenters. The van der Waals surface area contributed by atoms with E-state index < -0.39 is 22.8 Å². The van der Waals surface area contributed by atoms with E-state index in [0.29, 0.717) is 34.0 Å². The van der Waals surface area contributed by atoms with Gasteiger partial charge in [-0.15, -0.1) is 24.4 Å². The maximum atomic E-state index is 14.5. The Bertz CT molecular complexity index is 1300. The number of hydrogen-bond donors (Lipinski definition) is 3. The topological polar surface area (TPSA) is 84.9 Å². The highest BCUT2D eigenvalue weighted by Gasteiger charge is 2.30. The second kappa shape index (κ2) is 12.6. The highest BCUT2D eigenvalue weighted by atomic mass is 32.2. The molecule has 1 aliphatic heterocycles. The molecule has 3 rings (SSSR count). The molecule has 0 saturated carbocycles. The van der Waals surface area contributed by atoms with E-state index in [0.717, 1.165) is 5.57 Å². The van der Waals surface area contributed by atoms with Gasteiger partial charge in [0.05, 0.1) is 10.3 Å². The van der Waals surface area contributed by atoms with Crippen LogP contribution < -0.4 is 14.8 Å². The smallest absolute Gasteiger partial charge is 0.347 e. The van der Waals surface area contributed by atoms with Gasteiger partial charge in [0, 0.05) is 11.3 Å². The summed E-state index contributed by atoms with van der Waals surface area (Å²) in [4.78, 5) is 25.1. The number of nitrogens with one attached hydrogen (secondary N) is 1. The van der Waals surface area contributed by atoms with Crippen LogP contribution in [0, 0.1) is 12.7 Å². The molecule has 0 bridgehead atoms. The molecule has 1 heterocycles. The molecule has 9 heteroatoms. The van der Waals surface area contributed by atoms with Crippen molar-refractivity contribution < 1.29 is 28.6 Å². The summed E-state index contributed by atoms with van der Waals surface area (Å²) in [5.74, 6) is -0.862. The molecule has 0 aromatic heterocycles. The minimum Gasteiger partial charge on any atom is -0.478 e. The summed E-state index contributed by atoms with van der Waals surface area (Å²) in [6, 6.07) is 9.03. The predicted molar refractivity (Wildman–Crippen MR) is 153 cm³/mol. The molecule has 0 spiro atoms. The highest BCUT2D eigenvalue weighted by Crippen LogP contribution is 2.33. The van der Waals surface area contributed by atoms with Crippen molar-refractivity contribution in [3.63, 3.8) is 0 Å². The van der Waals surface area contributed by atoms with Gasteiger partial charge in [0.1, 0.15) is 23.1 Å². The molecule has 202 valence electrons. The third-order valence-electron chi connectivity index (χ3n) is 5.69. The molecule has 2 atom stereocenters. The fourth-order valence-corrected chi connectivity index (χ4v) is 4.80. The Morgan fingerprint density at radius 1 is 1.16 bits per heavy atom. The van der Waals surface area contributed by atoms with Gasteiger partial charge in [-0.2, -0.15) is 0 Å². The van der Waals surface area contributed by atoms with Crippen LogP contribution in [-0.4, -0.2) is 27.8 Å². The van der Waals surface area contributed by atoms with Crippen LogP contribution in [0.15, 0.2) is 71.2 Å². The van der Waals surface area contributed by atoms with Crippen LogP contribution in [0.5, 0.6) is 17.2 Å². The van der Waals surface area contributed by atoms with Crippen molar-refractivity contribution >= 4 is 36.3 Å². The van der Waals surface area contributed by atoms with Crippen molar-refractivity contribution in [2.75, 3.05) is 0 Å². The average Bonchev–Trinajstić information content (AvgIpc) is 2.90. The number of rotatable bonds is 8. The van der Waals surface area contributed by atoms with Gasteiger partial charge in [-0.3, -0.25) is 4.79 Å². The summed E-state index contributed by atoms with van der Waals surface area (Å²) in [7, 11) is 0. The van der Waals surface area contributed by atoms with E-state index in [1.807, 2.05) is 38.2 Å².